The van der Waals surface area contributed by atoms with Crippen LogP contribution >= 0.6 is 11.6 Å². The number of hydrogen-bond acceptors (Lipinski definition) is 5. The molecule has 18 heavy (non-hydrogen) atoms. The van der Waals surface area contributed by atoms with Gasteiger partial charge in [0.1, 0.15) is 10.8 Å². The zero-order valence-corrected chi connectivity index (χ0v) is 10.1. The van der Waals surface area contributed by atoms with E-state index in [9.17, 15) is 14.9 Å². The first-order valence-electron chi connectivity index (χ1n) is 5.14. The van der Waals surface area contributed by atoms with E-state index < -0.39 is 10.6 Å². The number of rotatable bonds is 3. The number of anilines is 1. The Balaban J connectivity index is 2.80. The minimum Gasteiger partial charge on any atom is -0.380 e. The van der Waals surface area contributed by atoms with Crippen LogP contribution in [0.2, 0.25) is 5.15 Å². The van der Waals surface area contributed by atoms with Crippen molar-refractivity contribution >= 4 is 33.9 Å². The molecule has 0 fully saturated rings. The highest BCUT2D eigenvalue weighted by molar-refractivity contribution is 6.34. The van der Waals surface area contributed by atoms with Crippen LogP contribution in [0.4, 0.5) is 11.4 Å². The lowest BCUT2D eigenvalue weighted by atomic mass is 10.2. The van der Waals surface area contributed by atoms with Crippen molar-refractivity contribution in [1.82, 2.24) is 9.97 Å². The number of fused-ring (bicyclic) bond motifs is 1. The van der Waals surface area contributed by atoms with Crippen molar-refractivity contribution in [2.24, 2.45) is 0 Å². The fourth-order valence-corrected chi connectivity index (χ4v) is 1.86. The molecule has 0 amide bonds. The third-order valence-electron chi connectivity index (χ3n) is 2.35. The van der Waals surface area contributed by atoms with Gasteiger partial charge in [0.25, 0.3) is 5.69 Å². The quantitative estimate of drug-likeness (QED) is 0.503. The summed E-state index contributed by atoms with van der Waals surface area (Å²) in [6.45, 7) is 2.33. The lowest BCUT2D eigenvalue weighted by Gasteiger charge is -2.06. The summed E-state index contributed by atoms with van der Waals surface area (Å²) in [6.07, 6.45) is 0. The maximum absolute atomic E-state index is 11.2. The number of nitro groups is 1. The summed E-state index contributed by atoms with van der Waals surface area (Å²) in [5, 5.41) is 14.2. The van der Waals surface area contributed by atoms with Crippen molar-refractivity contribution in [3.05, 3.63) is 37.9 Å². The van der Waals surface area contributed by atoms with E-state index in [4.69, 9.17) is 11.6 Å². The molecule has 1 aromatic heterocycles. The summed E-state index contributed by atoms with van der Waals surface area (Å²) in [6, 6.07) is 2.73. The van der Waals surface area contributed by atoms with Gasteiger partial charge >= 0.3 is 5.69 Å². The molecule has 2 aromatic rings. The summed E-state index contributed by atoms with van der Waals surface area (Å²) in [4.78, 5) is 27.6. The number of H-pyrrole nitrogens is 1. The van der Waals surface area contributed by atoms with Crippen LogP contribution in [0.3, 0.4) is 0 Å². The molecule has 0 radical (unpaired) electrons. The molecule has 8 heteroatoms. The minimum atomic E-state index is -0.594. The summed E-state index contributed by atoms with van der Waals surface area (Å²) in [5.41, 5.74) is -0.0848. The van der Waals surface area contributed by atoms with Crippen molar-refractivity contribution in [3.8, 4) is 0 Å². The number of nitrogens with zero attached hydrogens (tertiary/aromatic N) is 2. The van der Waals surface area contributed by atoms with Crippen molar-refractivity contribution in [2.75, 3.05) is 11.9 Å². The maximum atomic E-state index is 11.2. The Morgan fingerprint density at radius 2 is 2.28 bits per heavy atom. The molecule has 1 heterocycles. The Labute approximate surface area is 106 Å². The molecule has 2 rings (SSSR count). The van der Waals surface area contributed by atoms with E-state index in [1.807, 2.05) is 6.92 Å². The zero-order chi connectivity index (χ0) is 13.3. The van der Waals surface area contributed by atoms with Crippen molar-refractivity contribution in [3.63, 3.8) is 0 Å². The Bertz CT molecular complexity index is 683. The Hall–Kier alpha value is -2.15. The third kappa shape index (κ3) is 2.12. The van der Waals surface area contributed by atoms with E-state index >= 15 is 0 Å². The van der Waals surface area contributed by atoms with Gasteiger partial charge in [-0.3, -0.25) is 15.1 Å². The molecular formula is C10H9ClN4O3. The fraction of sp³-hybridized carbons (Fsp3) is 0.200. The standard InChI is InChI=1S/C10H9ClN4O3/c1-2-12-7-4-6-5(3-8(7)15(17)18)9(11)14-10(16)13-6/h3-4,12H,2H2,1H3,(H,13,14,16). The molecule has 0 aliphatic carbocycles. The van der Waals surface area contributed by atoms with E-state index in [1.54, 1.807) is 0 Å². The first kappa shape index (κ1) is 12.3. The third-order valence-corrected chi connectivity index (χ3v) is 2.65. The topological polar surface area (TPSA) is 101 Å². The van der Waals surface area contributed by atoms with Crippen LogP contribution < -0.4 is 11.0 Å². The first-order valence-corrected chi connectivity index (χ1v) is 5.52. The lowest BCUT2D eigenvalue weighted by Crippen LogP contribution is -2.10. The molecule has 0 spiro atoms. The van der Waals surface area contributed by atoms with Crippen LogP contribution in [0.15, 0.2) is 16.9 Å². The summed E-state index contributed by atoms with van der Waals surface area (Å²) < 4.78 is 0. The number of aromatic nitrogens is 2. The monoisotopic (exact) mass is 268 g/mol. The average Bonchev–Trinajstić information content (AvgIpc) is 2.27. The van der Waals surface area contributed by atoms with Gasteiger partial charge in [0.2, 0.25) is 0 Å². The molecule has 0 unspecified atom stereocenters. The van der Waals surface area contributed by atoms with Crippen LogP contribution in [0.5, 0.6) is 0 Å². The molecule has 0 aliphatic heterocycles. The van der Waals surface area contributed by atoms with Gasteiger partial charge in [-0.15, -0.1) is 0 Å². The van der Waals surface area contributed by atoms with Crippen molar-refractivity contribution in [1.29, 1.82) is 0 Å². The van der Waals surface area contributed by atoms with E-state index in [1.165, 1.54) is 12.1 Å². The summed E-state index contributed by atoms with van der Waals surface area (Å²) >= 11 is 5.83. The predicted octanol–water partition coefficient (Wildman–Crippen LogP) is 1.92. The highest BCUT2D eigenvalue weighted by Gasteiger charge is 2.17. The fourth-order valence-electron chi connectivity index (χ4n) is 1.63. The highest BCUT2D eigenvalue weighted by atomic mass is 35.5. The first-order chi connectivity index (χ1) is 8.52. The molecular weight excluding hydrogens is 260 g/mol. The number of aromatic amines is 1. The SMILES string of the molecule is CCNc1cc2nc(=O)[nH]c(Cl)c2cc1[N+](=O)[O-]. The Morgan fingerprint density at radius 3 is 2.89 bits per heavy atom. The largest absolute Gasteiger partial charge is 0.380 e. The lowest BCUT2D eigenvalue weighted by molar-refractivity contribution is -0.383. The van der Waals surface area contributed by atoms with Gasteiger partial charge in [0, 0.05) is 18.0 Å². The van der Waals surface area contributed by atoms with Crippen LogP contribution in [0.25, 0.3) is 10.9 Å². The van der Waals surface area contributed by atoms with Gasteiger partial charge in [-0.2, -0.15) is 4.98 Å². The average molecular weight is 269 g/mol. The Kier molecular flexibility index (Phi) is 3.15. The van der Waals surface area contributed by atoms with Gasteiger partial charge in [0.05, 0.1) is 10.4 Å². The molecule has 7 nitrogen and oxygen atoms in total. The van der Waals surface area contributed by atoms with Crippen LogP contribution in [-0.2, 0) is 0 Å². The second-order valence-electron chi connectivity index (χ2n) is 3.53. The van der Waals surface area contributed by atoms with Gasteiger partial charge in [0.15, 0.2) is 0 Å². The number of nitro benzene ring substituents is 1. The molecule has 0 saturated heterocycles. The highest BCUT2D eigenvalue weighted by Crippen LogP contribution is 2.31. The number of halogens is 1. The van der Waals surface area contributed by atoms with Gasteiger partial charge in [-0.05, 0) is 13.0 Å². The van der Waals surface area contributed by atoms with E-state index in [0.717, 1.165) is 0 Å². The molecule has 1 aromatic carbocycles. The summed E-state index contributed by atoms with van der Waals surface area (Å²) in [5.74, 6) is 0. The predicted molar refractivity (Wildman–Crippen MR) is 68.2 cm³/mol. The number of hydrogen-bond donors (Lipinski definition) is 2. The Morgan fingerprint density at radius 1 is 1.56 bits per heavy atom. The normalized spacial score (nSPS) is 10.6. The second kappa shape index (κ2) is 4.61. The molecule has 0 aliphatic rings. The van der Waals surface area contributed by atoms with Gasteiger partial charge in [-0.25, -0.2) is 4.79 Å². The summed E-state index contributed by atoms with van der Waals surface area (Å²) in [7, 11) is 0. The number of benzene rings is 1. The van der Waals surface area contributed by atoms with E-state index in [-0.39, 0.29) is 10.8 Å². The van der Waals surface area contributed by atoms with Crippen LogP contribution in [0, 0.1) is 10.1 Å². The number of nitrogens with one attached hydrogen (secondary N) is 2. The molecule has 0 bridgehead atoms. The molecule has 0 saturated carbocycles. The second-order valence-corrected chi connectivity index (χ2v) is 3.91. The smallest absolute Gasteiger partial charge is 0.346 e. The minimum absolute atomic E-state index is 0.0381. The van der Waals surface area contributed by atoms with Gasteiger partial charge < -0.3 is 5.32 Å². The van der Waals surface area contributed by atoms with Gasteiger partial charge in [-0.1, -0.05) is 11.6 Å². The molecule has 2 N–H and O–H groups in total. The van der Waals surface area contributed by atoms with E-state index in [2.05, 4.69) is 15.3 Å². The zero-order valence-electron chi connectivity index (χ0n) is 9.36. The van der Waals surface area contributed by atoms with Crippen molar-refractivity contribution < 1.29 is 4.92 Å². The maximum Gasteiger partial charge on any atom is 0.346 e. The molecule has 0 atom stereocenters. The van der Waals surface area contributed by atoms with Crippen LogP contribution in [-0.4, -0.2) is 21.4 Å². The van der Waals surface area contributed by atoms with Crippen LogP contribution in [0.1, 0.15) is 6.92 Å². The van der Waals surface area contributed by atoms with Crippen molar-refractivity contribution in [2.45, 2.75) is 6.92 Å². The molecule has 94 valence electrons. The van der Waals surface area contributed by atoms with E-state index in [0.29, 0.717) is 23.1 Å².